The van der Waals surface area contributed by atoms with Crippen molar-refractivity contribution in [1.82, 2.24) is 0 Å². The molecule has 2 rings (SSSR count). The molecule has 0 aliphatic rings. The Hall–Kier alpha value is -0.940. The highest BCUT2D eigenvalue weighted by atomic mass is 79.9. The van der Waals surface area contributed by atoms with Gasteiger partial charge in [-0.2, -0.15) is 0 Å². The third kappa shape index (κ3) is 3.09. The van der Waals surface area contributed by atoms with Crippen molar-refractivity contribution in [3.05, 3.63) is 58.1 Å². The van der Waals surface area contributed by atoms with Gasteiger partial charge in [0, 0.05) is 21.4 Å². The number of halogens is 4. The average molecular weight is 378 g/mol. The van der Waals surface area contributed by atoms with Crippen LogP contribution in [0.1, 0.15) is 5.56 Å². The molecule has 0 atom stereocenters. The Morgan fingerprint density at radius 2 is 1.78 bits per heavy atom. The van der Waals surface area contributed by atoms with Crippen molar-refractivity contribution < 1.29 is 13.5 Å². The Kier molecular flexibility index (Phi) is 4.35. The molecule has 5 heteroatoms. The van der Waals surface area contributed by atoms with Gasteiger partial charge in [-0.1, -0.05) is 37.9 Å². The third-order valence-electron chi connectivity index (χ3n) is 2.29. The molecule has 2 aromatic rings. The predicted molar refractivity (Wildman–Crippen MR) is 73.2 cm³/mol. The van der Waals surface area contributed by atoms with Crippen LogP contribution in [-0.4, -0.2) is 0 Å². The Morgan fingerprint density at radius 1 is 1.00 bits per heavy atom. The smallest absolute Gasteiger partial charge is 0.165 e. The molecule has 1 nitrogen and oxygen atoms in total. The molecule has 0 radical (unpaired) electrons. The van der Waals surface area contributed by atoms with Gasteiger partial charge in [-0.05, 0) is 24.3 Å². The van der Waals surface area contributed by atoms with Gasteiger partial charge in [-0.15, -0.1) is 0 Å². The second-order valence-electron chi connectivity index (χ2n) is 3.56. The van der Waals surface area contributed by atoms with Crippen LogP contribution in [0.15, 0.2) is 40.9 Å². The highest BCUT2D eigenvalue weighted by Crippen LogP contribution is 2.31. The molecule has 0 fully saturated rings. The standard InChI is InChI=1S/C13H8Br2F2O/c14-7-8-1-2-9(15)5-12(8)18-13-6-10(16)3-4-11(13)17/h1-6H,7H2. The van der Waals surface area contributed by atoms with E-state index in [9.17, 15) is 8.78 Å². The van der Waals surface area contributed by atoms with Gasteiger partial charge in [0.05, 0.1) is 0 Å². The lowest BCUT2D eigenvalue weighted by atomic mass is 10.2. The molecule has 18 heavy (non-hydrogen) atoms. The summed E-state index contributed by atoms with van der Waals surface area (Å²) in [5, 5.41) is 0.562. The minimum atomic E-state index is -0.600. The third-order valence-corrected chi connectivity index (χ3v) is 3.38. The van der Waals surface area contributed by atoms with E-state index in [2.05, 4.69) is 31.9 Å². The van der Waals surface area contributed by atoms with Crippen molar-refractivity contribution in [3.63, 3.8) is 0 Å². The van der Waals surface area contributed by atoms with Crippen LogP contribution in [0.2, 0.25) is 0 Å². The minimum absolute atomic E-state index is 0.129. The van der Waals surface area contributed by atoms with Gasteiger partial charge in [-0.25, -0.2) is 8.78 Å². The maximum Gasteiger partial charge on any atom is 0.165 e. The summed E-state index contributed by atoms with van der Waals surface area (Å²) in [6, 6.07) is 8.51. The topological polar surface area (TPSA) is 9.23 Å². The molecule has 0 spiro atoms. The Labute approximate surface area is 120 Å². The fourth-order valence-corrected chi connectivity index (χ4v) is 2.21. The molecule has 0 amide bonds. The number of rotatable bonds is 3. The molecule has 0 aliphatic heterocycles. The van der Waals surface area contributed by atoms with Crippen molar-refractivity contribution in [2.45, 2.75) is 5.33 Å². The van der Waals surface area contributed by atoms with E-state index < -0.39 is 11.6 Å². The van der Waals surface area contributed by atoms with Crippen molar-refractivity contribution in [2.24, 2.45) is 0 Å². The maximum absolute atomic E-state index is 13.5. The van der Waals surface area contributed by atoms with E-state index in [-0.39, 0.29) is 5.75 Å². The number of hydrogen-bond acceptors (Lipinski definition) is 1. The molecule has 0 heterocycles. The molecular formula is C13H8Br2F2O. The van der Waals surface area contributed by atoms with E-state index >= 15 is 0 Å². The molecule has 2 aromatic carbocycles. The summed E-state index contributed by atoms with van der Waals surface area (Å²) in [5.74, 6) is -0.792. The van der Waals surface area contributed by atoms with E-state index in [1.54, 1.807) is 6.07 Å². The zero-order chi connectivity index (χ0) is 13.1. The highest BCUT2D eigenvalue weighted by molar-refractivity contribution is 9.10. The molecule has 94 valence electrons. The maximum atomic E-state index is 13.5. The zero-order valence-electron chi connectivity index (χ0n) is 9.09. The normalized spacial score (nSPS) is 10.4. The summed E-state index contributed by atoms with van der Waals surface area (Å²) in [6.45, 7) is 0. The summed E-state index contributed by atoms with van der Waals surface area (Å²) in [7, 11) is 0. The number of benzene rings is 2. The van der Waals surface area contributed by atoms with Gasteiger partial charge in [-0.3, -0.25) is 0 Å². The Balaban J connectivity index is 2.38. The van der Waals surface area contributed by atoms with E-state index in [0.717, 1.165) is 28.2 Å². The van der Waals surface area contributed by atoms with E-state index in [4.69, 9.17) is 4.74 Å². The van der Waals surface area contributed by atoms with Crippen LogP contribution in [0, 0.1) is 11.6 Å². The fourth-order valence-electron chi connectivity index (χ4n) is 1.41. The van der Waals surface area contributed by atoms with E-state index in [1.807, 2.05) is 12.1 Å². The summed E-state index contributed by atoms with van der Waals surface area (Å²) in [5.41, 5.74) is 0.849. The zero-order valence-corrected chi connectivity index (χ0v) is 12.3. The van der Waals surface area contributed by atoms with Gasteiger partial charge in [0.1, 0.15) is 11.6 Å². The molecule has 0 aromatic heterocycles. The lowest BCUT2D eigenvalue weighted by molar-refractivity contribution is 0.433. The first-order chi connectivity index (χ1) is 8.60. The van der Waals surface area contributed by atoms with Crippen LogP contribution in [0.3, 0.4) is 0 Å². The van der Waals surface area contributed by atoms with Crippen LogP contribution < -0.4 is 4.74 Å². The SMILES string of the molecule is Fc1ccc(F)c(Oc2cc(Br)ccc2CBr)c1. The van der Waals surface area contributed by atoms with Gasteiger partial charge in [0.15, 0.2) is 11.6 Å². The summed E-state index contributed by atoms with van der Waals surface area (Å²) < 4.78 is 32.7. The molecule has 0 saturated carbocycles. The number of hydrogen-bond donors (Lipinski definition) is 0. The van der Waals surface area contributed by atoms with Crippen LogP contribution in [0.5, 0.6) is 11.5 Å². The van der Waals surface area contributed by atoms with E-state index in [0.29, 0.717) is 11.1 Å². The number of ether oxygens (including phenoxy) is 1. The largest absolute Gasteiger partial charge is 0.454 e. The van der Waals surface area contributed by atoms with Crippen LogP contribution in [0.4, 0.5) is 8.78 Å². The molecule has 0 bridgehead atoms. The lowest BCUT2D eigenvalue weighted by Crippen LogP contribution is -1.93. The fraction of sp³-hybridized carbons (Fsp3) is 0.0769. The molecular weight excluding hydrogens is 370 g/mol. The summed E-state index contributed by atoms with van der Waals surface area (Å²) >= 11 is 6.62. The summed E-state index contributed by atoms with van der Waals surface area (Å²) in [4.78, 5) is 0. The van der Waals surface area contributed by atoms with Crippen molar-refractivity contribution in [2.75, 3.05) is 0 Å². The van der Waals surface area contributed by atoms with Crippen LogP contribution >= 0.6 is 31.9 Å². The lowest BCUT2D eigenvalue weighted by Gasteiger charge is -2.11. The van der Waals surface area contributed by atoms with Gasteiger partial charge in [0.2, 0.25) is 0 Å². The Bertz CT molecular complexity index is 573. The molecule has 0 aliphatic carbocycles. The highest BCUT2D eigenvalue weighted by Gasteiger charge is 2.10. The monoisotopic (exact) mass is 376 g/mol. The predicted octanol–water partition coefficient (Wildman–Crippen LogP) is 5.41. The van der Waals surface area contributed by atoms with Crippen LogP contribution in [-0.2, 0) is 5.33 Å². The van der Waals surface area contributed by atoms with Crippen molar-refractivity contribution >= 4 is 31.9 Å². The van der Waals surface area contributed by atoms with Crippen LogP contribution in [0.25, 0.3) is 0 Å². The molecule has 0 unspecified atom stereocenters. The Morgan fingerprint density at radius 3 is 2.50 bits per heavy atom. The molecule has 0 saturated heterocycles. The van der Waals surface area contributed by atoms with Gasteiger partial charge < -0.3 is 4.74 Å². The second kappa shape index (κ2) is 5.80. The van der Waals surface area contributed by atoms with Crippen molar-refractivity contribution in [3.8, 4) is 11.5 Å². The minimum Gasteiger partial charge on any atom is -0.454 e. The van der Waals surface area contributed by atoms with Gasteiger partial charge in [0.25, 0.3) is 0 Å². The average Bonchev–Trinajstić information content (AvgIpc) is 2.34. The van der Waals surface area contributed by atoms with Crippen molar-refractivity contribution in [1.29, 1.82) is 0 Å². The number of alkyl halides is 1. The quantitative estimate of drug-likeness (QED) is 0.649. The summed E-state index contributed by atoms with van der Waals surface area (Å²) in [6.07, 6.45) is 0. The van der Waals surface area contributed by atoms with Gasteiger partial charge >= 0.3 is 0 Å². The van der Waals surface area contributed by atoms with E-state index in [1.165, 1.54) is 0 Å². The first kappa shape index (κ1) is 13.5. The second-order valence-corrected chi connectivity index (χ2v) is 5.04. The first-order valence-corrected chi connectivity index (χ1v) is 6.99. The molecule has 0 N–H and O–H groups in total. The first-order valence-electron chi connectivity index (χ1n) is 5.07.